The predicted molar refractivity (Wildman–Crippen MR) is 82.7 cm³/mol. The van der Waals surface area contributed by atoms with Crippen molar-refractivity contribution in [1.82, 2.24) is 4.72 Å². The quantitative estimate of drug-likeness (QED) is 0.595. The average Bonchev–Trinajstić information content (AvgIpc) is 2.41. The highest BCUT2D eigenvalue weighted by Crippen LogP contribution is 2.26. The van der Waals surface area contributed by atoms with E-state index in [0.29, 0.717) is 10.6 Å². The van der Waals surface area contributed by atoms with Crippen LogP contribution < -0.4 is 10.5 Å². The molecule has 0 bridgehead atoms. The van der Waals surface area contributed by atoms with Gasteiger partial charge in [0.15, 0.2) is 0 Å². The van der Waals surface area contributed by atoms with Crippen LogP contribution in [0.4, 0.5) is 5.69 Å². The largest absolute Gasteiger partial charge is 0.506 e. The van der Waals surface area contributed by atoms with Gasteiger partial charge in [-0.05, 0) is 36.8 Å². The summed E-state index contributed by atoms with van der Waals surface area (Å²) in [6, 6.07) is 10.2. The van der Waals surface area contributed by atoms with E-state index in [1.165, 1.54) is 18.2 Å². The van der Waals surface area contributed by atoms with Gasteiger partial charge in [-0.2, -0.15) is 0 Å². The fourth-order valence-electron chi connectivity index (χ4n) is 1.89. The Balaban J connectivity index is 2.29. The molecule has 0 amide bonds. The summed E-state index contributed by atoms with van der Waals surface area (Å²) in [6.07, 6.45) is 0. The lowest BCUT2D eigenvalue weighted by Crippen LogP contribution is -2.27. The molecule has 0 aliphatic heterocycles. The van der Waals surface area contributed by atoms with Crippen molar-refractivity contribution in [2.45, 2.75) is 17.9 Å². The number of halogens is 1. The summed E-state index contributed by atoms with van der Waals surface area (Å²) in [5.74, 6) is -0.159. The fraction of sp³-hybridized carbons (Fsp3) is 0.143. The van der Waals surface area contributed by atoms with Crippen molar-refractivity contribution < 1.29 is 13.5 Å². The number of aromatic hydroxyl groups is 1. The maximum Gasteiger partial charge on any atom is 0.241 e. The van der Waals surface area contributed by atoms with E-state index in [4.69, 9.17) is 17.3 Å². The van der Waals surface area contributed by atoms with Gasteiger partial charge in [-0.25, -0.2) is 13.1 Å². The molecule has 112 valence electrons. The highest BCUT2D eigenvalue weighted by Gasteiger charge is 2.20. The summed E-state index contributed by atoms with van der Waals surface area (Å²) < 4.78 is 27.1. The minimum absolute atomic E-state index is 0.00303. The summed E-state index contributed by atoms with van der Waals surface area (Å²) >= 11 is 6.05. The third-order valence-electron chi connectivity index (χ3n) is 3.01. The molecule has 0 aliphatic carbocycles. The highest BCUT2D eigenvalue weighted by molar-refractivity contribution is 7.89. The zero-order valence-corrected chi connectivity index (χ0v) is 12.8. The minimum Gasteiger partial charge on any atom is -0.506 e. The number of benzene rings is 2. The topological polar surface area (TPSA) is 92.4 Å². The second-order valence-electron chi connectivity index (χ2n) is 4.59. The van der Waals surface area contributed by atoms with Crippen LogP contribution in [-0.2, 0) is 10.0 Å². The van der Waals surface area contributed by atoms with Crippen LogP contribution in [0.25, 0.3) is 0 Å². The maximum atomic E-state index is 12.3. The van der Waals surface area contributed by atoms with Crippen LogP contribution in [0, 0.1) is 0 Å². The van der Waals surface area contributed by atoms with Gasteiger partial charge in [0.1, 0.15) is 5.75 Å². The zero-order chi connectivity index (χ0) is 15.6. The molecule has 1 atom stereocenters. The van der Waals surface area contributed by atoms with E-state index in [1.54, 1.807) is 31.2 Å². The highest BCUT2D eigenvalue weighted by atomic mass is 35.5. The van der Waals surface area contributed by atoms with Crippen LogP contribution in [0.15, 0.2) is 47.4 Å². The Morgan fingerprint density at radius 1 is 1.24 bits per heavy atom. The number of nitrogen functional groups attached to an aromatic ring is 1. The van der Waals surface area contributed by atoms with Crippen molar-refractivity contribution in [3.05, 3.63) is 53.1 Å². The van der Waals surface area contributed by atoms with Gasteiger partial charge in [-0.3, -0.25) is 0 Å². The van der Waals surface area contributed by atoms with Gasteiger partial charge >= 0.3 is 0 Å². The van der Waals surface area contributed by atoms with Gasteiger partial charge in [-0.15, -0.1) is 0 Å². The number of phenolic OH excluding ortho intramolecular Hbond substituents is 1. The first-order chi connectivity index (χ1) is 9.81. The first kappa shape index (κ1) is 15.6. The summed E-state index contributed by atoms with van der Waals surface area (Å²) in [4.78, 5) is -0.0169. The van der Waals surface area contributed by atoms with Crippen LogP contribution in [0.1, 0.15) is 18.5 Å². The van der Waals surface area contributed by atoms with E-state index < -0.39 is 16.1 Å². The van der Waals surface area contributed by atoms with Crippen molar-refractivity contribution in [3.8, 4) is 5.75 Å². The van der Waals surface area contributed by atoms with Crippen LogP contribution in [0.3, 0.4) is 0 Å². The monoisotopic (exact) mass is 326 g/mol. The molecular formula is C14H15ClN2O3S. The number of nitrogens with one attached hydrogen (secondary N) is 1. The molecular weight excluding hydrogens is 312 g/mol. The first-order valence-corrected chi connectivity index (χ1v) is 8.02. The minimum atomic E-state index is -3.76. The van der Waals surface area contributed by atoms with Gasteiger partial charge in [0.25, 0.3) is 0 Å². The second kappa shape index (κ2) is 5.93. The molecule has 0 aliphatic rings. The standard InChI is InChI=1S/C14H15ClN2O3S/c1-9(11-4-2-3-5-12(11)15)17-21(19,20)10-6-7-14(18)13(16)8-10/h2-9,17-18H,16H2,1H3. The number of sulfonamides is 1. The van der Waals surface area contributed by atoms with Crippen molar-refractivity contribution in [3.63, 3.8) is 0 Å². The molecule has 2 aromatic rings. The Morgan fingerprint density at radius 3 is 2.52 bits per heavy atom. The Morgan fingerprint density at radius 2 is 1.90 bits per heavy atom. The van der Waals surface area contributed by atoms with Crippen LogP contribution in [-0.4, -0.2) is 13.5 Å². The Bertz CT molecular complexity index is 763. The molecule has 1 unspecified atom stereocenters. The molecule has 0 aromatic heterocycles. The summed E-state index contributed by atoms with van der Waals surface area (Å²) in [5, 5.41) is 9.83. The van der Waals surface area contributed by atoms with Crippen molar-refractivity contribution in [1.29, 1.82) is 0 Å². The van der Waals surface area contributed by atoms with E-state index in [-0.39, 0.29) is 16.3 Å². The number of hydrogen-bond acceptors (Lipinski definition) is 4. The third-order valence-corrected chi connectivity index (χ3v) is 4.90. The molecule has 7 heteroatoms. The summed E-state index contributed by atoms with van der Waals surface area (Å²) in [5.41, 5.74) is 6.20. The smallest absolute Gasteiger partial charge is 0.241 e. The normalized spacial score (nSPS) is 13.0. The number of nitrogens with two attached hydrogens (primary N) is 1. The molecule has 0 spiro atoms. The number of rotatable bonds is 4. The lowest BCUT2D eigenvalue weighted by atomic mass is 10.1. The average molecular weight is 327 g/mol. The van der Waals surface area contributed by atoms with Crippen molar-refractivity contribution >= 4 is 27.3 Å². The molecule has 4 N–H and O–H groups in total. The molecule has 0 radical (unpaired) electrons. The molecule has 21 heavy (non-hydrogen) atoms. The lowest BCUT2D eigenvalue weighted by molar-refractivity contribution is 0.477. The maximum absolute atomic E-state index is 12.3. The summed E-state index contributed by atoms with van der Waals surface area (Å²) in [7, 11) is -3.76. The summed E-state index contributed by atoms with van der Waals surface area (Å²) in [6.45, 7) is 1.70. The van der Waals surface area contributed by atoms with E-state index in [9.17, 15) is 13.5 Å². The molecule has 0 saturated heterocycles. The number of phenols is 1. The van der Waals surface area contributed by atoms with Crippen molar-refractivity contribution in [2.24, 2.45) is 0 Å². The van der Waals surface area contributed by atoms with Gasteiger partial charge < -0.3 is 10.8 Å². The van der Waals surface area contributed by atoms with Crippen molar-refractivity contribution in [2.75, 3.05) is 5.73 Å². The third kappa shape index (κ3) is 3.47. The second-order valence-corrected chi connectivity index (χ2v) is 6.71. The van der Waals surface area contributed by atoms with Crippen LogP contribution in [0.2, 0.25) is 5.02 Å². The SMILES string of the molecule is CC(NS(=O)(=O)c1ccc(O)c(N)c1)c1ccccc1Cl. The lowest BCUT2D eigenvalue weighted by Gasteiger charge is -2.16. The zero-order valence-electron chi connectivity index (χ0n) is 11.2. The molecule has 0 saturated carbocycles. The molecule has 2 aromatic carbocycles. The van der Waals surface area contributed by atoms with Crippen LogP contribution >= 0.6 is 11.6 Å². The van der Waals surface area contributed by atoms with E-state index >= 15 is 0 Å². The molecule has 0 heterocycles. The Hall–Kier alpha value is -1.76. The first-order valence-electron chi connectivity index (χ1n) is 6.16. The van der Waals surface area contributed by atoms with E-state index in [0.717, 1.165) is 0 Å². The Labute approximate surface area is 128 Å². The Kier molecular flexibility index (Phi) is 4.41. The number of anilines is 1. The number of hydrogen-bond donors (Lipinski definition) is 3. The molecule has 2 rings (SSSR count). The molecule has 5 nitrogen and oxygen atoms in total. The van der Waals surface area contributed by atoms with Gasteiger partial charge in [-0.1, -0.05) is 29.8 Å². The fourth-order valence-corrected chi connectivity index (χ4v) is 3.45. The van der Waals surface area contributed by atoms with E-state index in [2.05, 4.69) is 4.72 Å². The van der Waals surface area contributed by atoms with Gasteiger partial charge in [0.2, 0.25) is 10.0 Å². The van der Waals surface area contributed by atoms with Gasteiger partial charge in [0.05, 0.1) is 10.6 Å². The van der Waals surface area contributed by atoms with Crippen LogP contribution in [0.5, 0.6) is 5.75 Å². The van der Waals surface area contributed by atoms with E-state index in [1.807, 2.05) is 0 Å². The van der Waals surface area contributed by atoms with Gasteiger partial charge in [0, 0.05) is 11.1 Å². The molecule has 0 fully saturated rings. The predicted octanol–water partition coefficient (Wildman–Crippen LogP) is 2.67.